The fraction of sp³-hybridized carbons (Fsp3) is 0.375. The van der Waals surface area contributed by atoms with Crippen LogP contribution in [0.5, 0.6) is 5.75 Å². The first kappa shape index (κ1) is 14.5. The summed E-state index contributed by atoms with van der Waals surface area (Å²) in [5, 5.41) is 12.2. The molecule has 2 N–H and O–H groups in total. The lowest BCUT2D eigenvalue weighted by atomic mass is 10.2. The van der Waals surface area contributed by atoms with E-state index in [1.165, 1.54) is 0 Å². The van der Waals surface area contributed by atoms with Crippen molar-refractivity contribution >= 4 is 5.69 Å². The van der Waals surface area contributed by atoms with Crippen LogP contribution >= 0.6 is 0 Å². The van der Waals surface area contributed by atoms with Gasteiger partial charge in [0.15, 0.2) is 0 Å². The highest BCUT2D eigenvalue weighted by atomic mass is 16.5. The molecular formula is C16H21NO3. The van der Waals surface area contributed by atoms with Gasteiger partial charge in [0.2, 0.25) is 0 Å². The van der Waals surface area contributed by atoms with Crippen LogP contribution in [0.2, 0.25) is 0 Å². The van der Waals surface area contributed by atoms with Crippen molar-refractivity contribution in [1.29, 1.82) is 0 Å². The Morgan fingerprint density at radius 1 is 1.25 bits per heavy atom. The van der Waals surface area contributed by atoms with Crippen LogP contribution in [0.1, 0.15) is 31.8 Å². The maximum absolute atomic E-state index is 8.95. The number of aliphatic hydroxyl groups is 1. The largest absolute Gasteiger partial charge is 0.491 e. The monoisotopic (exact) mass is 275 g/mol. The maximum Gasteiger partial charge on any atom is 0.129 e. The molecule has 0 saturated carbocycles. The highest BCUT2D eigenvalue weighted by Crippen LogP contribution is 2.20. The second-order valence-corrected chi connectivity index (χ2v) is 4.74. The lowest BCUT2D eigenvalue weighted by Crippen LogP contribution is -2.09. The van der Waals surface area contributed by atoms with Gasteiger partial charge in [0.1, 0.15) is 23.9 Å². The van der Waals surface area contributed by atoms with E-state index in [1.54, 1.807) is 6.07 Å². The molecule has 4 nitrogen and oxygen atoms in total. The molecule has 1 unspecified atom stereocenters. The molecular weight excluding hydrogens is 254 g/mol. The number of hydrogen-bond acceptors (Lipinski definition) is 4. The topological polar surface area (TPSA) is 54.6 Å². The average Bonchev–Trinajstić information content (AvgIpc) is 2.93. The Balaban J connectivity index is 1.93. The van der Waals surface area contributed by atoms with Gasteiger partial charge in [-0.25, -0.2) is 0 Å². The first-order valence-electron chi connectivity index (χ1n) is 6.90. The fourth-order valence-corrected chi connectivity index (χ4v) is 1.79. The van der Waals surface area contributed by atoms with E-state index in [0.29, 0.717) is 12.3 Å². The highest BCUT2D eigenvalue weighted by Gasteiger charge is 2.03. The van der Waals surface area contributed by atoms with Crippen molar-refractivity contribution in [2.24, 2.45) is 0 Å². The standard InChI is InChI=1S/C16H21NO3/c1-3-12(2)19-14-6-4-5-13(9-14)17-10-15-7-8-16(11-18)20-15/h4-9,12,17-18H,3,10-11H2,1-2H3. The zero-order valence-electron chi connectivity index (χ0n) is 11.9. The van der Waals surface area contributed by atoms with Gasteiger partial charge in [0.05, 0.1) is 12.6 Å². The minimum Gasteiger partial charge on any atom is -0.491 e. The van der Waals surface area contributed by atoms with Crippen LogP contribution in [0.3, 0.4) is 0 Å². The van der Waals surface area contributed by atoms with Gasteiger partial charge in [-0.15, -0.1) is 0 Å². The fourth-order valence-electron chi connectivity index (χ4n) is 1.79. The SMILES string of the molecule is CCC(C)Oc1cccc(NCc2ccc(CO)o2)c1. The van der Waals surface area contributed by atoms with Crippen molar-refractivity contribution in [3.05, 3.63) is 47.9 Å². The molecule has 0 fully saturated rings. The second-order valence-electron chi connectivity index (χ2n) is 4.74. The van der Waals surface area contributed by atoms with E-state index < -0.39 is 0 Å². The average molecular weight is 275 g/mol. The predicted octanol–water partition coefficient (Wildman–Crippen LogP) is 3.56. The van der Waals surface area contributed by atoms with Gasteiger partial charge >= 0.3 is 0 Å². The molecule has 0 amide bonds. The molecule has 0 aliphatic rings. The van der Waals surface area contributed by atoms with Crippen molar-refractivity contribution in [2.45, 2.75) is 39.5 Å². The van der Waals surface area contributed by atoms with Gasteiger partial charge in [-0.3, -0.25) is 0 Å². The normalized spacial score (nSPS) is 12.2. The number of furan rings is 1. The zero-order chi connectivity index (χ0) is 14.4. The number of benzene rings is 1. The summed E-state index contributed by atoms with van der Waals surface area (Å²) >= 11 is 0. The quantitative estimate of drug-likeness (QED) is 0.811. The molecule has 108 valence electrons. The summed E-state index contributed by atoms with van der Waals surface area (Å²) in [6, 6.07) is 11.5. The summed E-state index contributed by atoms with van der Waals surface area (Å²) in [5.74, 6) is 2.23. The van der Waals surface area contributed by atoms with Crippen LogP contribution in [0.25, 0.3) is 0 Å². The Morgan fingerprint density at radius 2 is 2.05 bits per heavy atom. The van der Waals surface area contributed by atoms with Crippen LogP contribution in [-0.2, 0) is 13.2 Å². The Kier molecular flexibility index (Phi) is 5.07. The third-order valence-corrected chi connectivity index (χ3v) is 3.09. The van der Waals surface area contributed by atoms with Crippen molar-refractivity contribution in [3.63, 3.8) is 0 Å². The first-order chi connectivity index (χ1) is 9.71. The molecule has 4 heteroatoms. The van der Waals surface area contributed by atoms with E-state index in [0.717, 1.165) is 23.6 Å². The third kappa shape index (κ3) is 4.03. The van der Waals surface area contributed by atoms with E-state index in [9.17, 15) is 0 Å². The van der Waals surface area contributed by atoms with Crippen LogP contribution in [0.15, 0.2) is 40.8 Å². The molecule has 1 atom stereocenters. The van der Waals surface area contributed by atoms with Gasteiger partial charge < -0.3 is 19.6 Å². The van der Waals surface area contributed by atoms with E-state index in [1.807, 2.05) is 30.3 Å². The molecule has 1 aromatic carbocycles. The minimum atomic E-state index is -0.0712. The van der Waals surface area contributed by atoms with Gasteiger partial charge in [0, 0.05) is 11.8 Å². The van der Waals surface area contributed by atoms with Crippen LogP contribution < -0.4 is 10.1 Å². The minimum absolute atomic E-state index is 0.0712. The van der Waals surface area contributed by atoms with Gasteiger partial charge in [-0.2, -0.15) is 0 Å². The van der Waals surface area contributed by atoms with E-state index >= 15 is 0 Å². The van der Waals surface area contributed by atoms with E-state index in [2.05, 4.69) is 19.2 Å². The van der Waals surface area contributed by atoms with E-state index in [4.69, 9.17) is 14.3 Å². The Hall–Kier alpha value is -1.94. The summed E-state index contributed by atoms with van der Waals surface area (Å²) in [6.45, 7) is 4.66. The first-order valence-corrected chi connectivity index (χ1v) is 6.90. The molecule has 0 saturated heterocycles. The Morgan fingerprint density at radius 3 is 2.75 bits per heavy atom. The van der Waals surface area contributed by atoms with E-state index in [-0.39, 0.29) is 12.7 Å². The van der Waals surface area contributed by atoms with Gasteiger partial charge in [-0.1, -0.05) is 13.0 Å². The maximum atomic E-state index is 8.95. The molecule has 0 spiro atoms. The van der Waals surface area contributed by atoms with Crippen molar-refractivity contribution < 1.29 is 14.3 Å². The number of ether oxygens (including phenoxy) is 1. The molecule has 2 aromatic rings. The summed E-state index contributed by atoms with van der Waals surface area (Å²) in [5.41, 5.74) is 0.979. The molecule has 0 aliphatic carbocycles. The number of aliphatic hydroxyl groups excluding tert-OH is 1. The molecule has 0 aliphatic heterocycles. The lowest BCUT2D eigenvalue weighted by Gasteiger charge is -2.13. The molecule has 1 heterocycles. The Labute approximate surface area is 119 Å². The number of rotatable bonds is 7. The second kappa shape index (κ2) is 7.01. The highest BCUT2D eigenvalue weighted by molar-refractivity contribution is 5.48. The predicted molar refractivity (Wildman–Crippen MR) is 78.8 cm³/mol. The van der Waals surface area contributed by atoms with Gasteiger partial charge in [-0.05, 0) is 37.6 Å². The molecule has 0 bridgehead atoms. The van der Waals surface area contributed by atoms with Gasteiger partial charge in [0.25, 0.3) is 0 Å². The summed E-state index contributed by atoms with van der Waals surface area (Å²) in [7, 11) is 0. The Bertz CT molecular complexity index is 536. The summed E-state index contributed by atoms with van der Waals surface area (Å²) < 4.78 is 11.2. The number of hydrogen-bond donors (Lipinski definition) is 2. The summed E-state index contributed by atoms with van der Waals surface area (Å²) in [4.78, 5) is 0. The third-order valence-electron chi connectivity index (χ3n) is 3.09. The lowest BCUT2D eigenvalue weighted by molar-refractivity contribution is 0.217. The molecule has 2 rings (SSSR count). The zero-order valence-corrected chi connectivity index (χ0v) is 11.9. The van der Waals surface area contributed by atoms with Crippen molar-refractivity contribution in [1.82, 2.24) is 0 Å². The smallest absolute Gasteiger partial charge is 0.129 e. The van der Waals surface area contributed by atoms with Crippen molar-refractivity contribution in [2.75, 3.05) is 5.32 Å². The van der Waals surface area contributed by atoms with Crippen molar-refractivity contribution in [3.8, 4) is 5.75 Å². The molecule has 20 heavy (non-hydrogen) atoms. The van der Waals surface area contributed by atoms with Crippen LogP contribution in [-0.4, -0.2) is 11.2 Å². The molecule has 0 radical (unpaired) electrons. The molecule has 1 aromatic heterocycles. The van der Waals surface area contributed by atoms with Crippen LogP contribution in [0.4, 0.5) is 5.69 Å². The number of anilines is 1. The van der Waals surface area contributed by atoms with Crippen LogP contribution in [0, 0.1) is 0 Å². The summed E-state index contributed by atoms with van der Waals surface area (Å²) in [6.07, 6.45) is 1.19. The number of nitrogens with one attached hydrogen (secondary N) is 1.